The number of thiophene rings is 1. The molecule has 3 aromatic rings. The van der Waals surface area contributed by atoms with Gasteiger partial charge in [-0.3, -0.25) is 4.79 Å². The molecule has 2 heterocycles. The number of nitrogens with one attached hydrogen (secondary N) is 1. The Bertz CT molecular complexity index is 1070. The summed E-state index contributed by atoms with van der Waals surface area (Å²) in [4.78, 5) is 37.2. The molecule has 10 heteroatoms. The van der Waals surface area contributed by atoms with Crippen molar-refractivity contribution in [3.8, 4) is 0 Å². The summed E-state index contributed by atoms with van der Waals surface area (Å²) >= 11 is 1.25. The molecule has 30 heavy (non-hydrogen) atoms. The van der Waals surface area contributed by atoms with Crippen molar-refractivity contribution in [2.24, 2.45) is 0 Å². The summed E-state index contributed by atoms with van der Waals surface area (Å²) in [6.45, 7) is 3.53. The number of nitrogens with zero attached hydrogens (tertiary/aromatic N) is 3. The quantitative estimate of drug-likeness (QED) is 0.576. The van der Waals surface area contributed by atoms with E-state index in [2.05, 4.69) is 15.6 Å². The van der Waals surface area contributed by atoms with Gasteiger partial charge in [-0.15, -0.1) is 16.4 Å². The first-order valence-corrected chi connectivity index (χ1v) is 9.80. The van der Waals surface area contributed by atoms with Gasteiger partial charge in [-0.2, -0.15) is 0 Å². The molecule has 0 aliphatic carbocycles. The molecule has 3 rings (SSSR count). The highest BCUT2D eigenvalue weighted by molar-refractivity contribution is 7.16. The molecule has 0 fully saturated rings. The predicted molar refractivity (Wildman–Crippen MR) is 110 cm³/mol. The number of methoxy groups -OCH3 is 1. The smallest absolute Gasteiger partial charge is 0.361 e. The Kier molecular flexibility index (Phi) is 6.58. The number of carbonyl (C=O) groups excluding carboxylic acids is 3. The van der Waals surface area contributed by atoms with Crippen LogP contribution in [0.1, 0.15) is 36.9 Å². The second kappa shape index (κ2) is 9.31. The van der Waals surface area contributed by atoms with Gasteiger partial charge in [-0.25, -0.2) is 14.3 Å². The number of hydrogen-bond donors (Lipinski definition) is 1. The molecule has 0 saturated carbocycles. The molecule has 0 saturated heterocycles. The number of amides is 1. The SMILES string of the molecule is COC(=O)c1c(NC(=O)COC(=O)c2cn(Cc3ccccc3)nn2)sc(C)c1C. The lowest BCUT2D eigenvalue weighted by Crippen LogP contribution is -2.21. The Balaban J connectivity index is 1.57. The molecular formula is C20H20N4O5S. The van der Waals surface area contributed by atoms with Crippen LogP contribution < -0.4 is 5.32 Å². The predicted octanol–water partition coefficient (Wildman–Crippen LogP) is 2.59. The third-order valence-corrected chi connectivity index (χ3v) is 5.42. The lowest BCUT2D eigenvalue weighted by atomic mass is 10.1. The van der Waals surface area contributed by atoms with E-state index in [1.165, 1.54) is 29.3 Å². The second-order valence-corrected chi connectivity index (χ2v) is 7.61. The van der Waals surface area contributed by atoms with Crippen molar-refractivity contribution in [3.05, 3.63) is 63.8 Å². The van der Waals surface area contributed by atoms with Gasteiger partial charge in [0, 0.05) is 4.88 Å². The average Bonchev–Trinajstić information content (AvgIpc) is 3.31. The fraction of sp³-hybridized carbons (Fsp3) is 0.250. The van der Waals surface area contributed by atoms with Crippen molar-refractivity contribution in [1.29, 1.82) is 0 Å². The molecule has 156 valence electrons. The van der Waals surface area contributed by atoms with Crippen LogP contribution >= 0.6 is 11.3 Å². The Labute approximate surface area is 176 Å². The normalized spacial score (nSPS) is 10.5. The van der Waals surface area contributed by atoms with Crippen LogP contribution in [0.3, 0.4) is 0 Å². The van der Waals surface area contributed by atoms with Crippen LogP contribution in [0.15, 0.2) is 36.5 Å². The fourth-order valence-corrected chi connectivity index (χ4v) is 3.74. The zero-order valence-corrected chi connectivity index (χ0v) is 17.5. The molecule has 1 amide bonds. The minimum Gasteiger partial charge on any atom is -0.465 e. The van der Waals surface area contributed by atoms with Gasteiger partial charge in [-0.1, -0.05) is 35.5 Å². The largest absolute Gasteiger partial charge is 0.465 e. The number of hydrogen-bond acceptors (Lipinski definition) is 8. The van der Waals surface area contributed by atoms with Crippen LogP contribution in [-0.2, 0) is 20.8 Å². The third-order valence-electron chi connectivity index (χ3n) is 4.30. The fourth-order valence-electron chi connectivity index (χ4n) is 2.67. The maximum atomic E-state index is 12.2. The van der Waals surface area contributed by atoms with Crippen LogP contribution in [-0.4, -0.2) is 46.6 Å². The van der Waals surface area contributed by atoms with E-state index < -0.39 is 24.5 Å². The number of esters is 2. The lowest BCUT2D eigenvalue weighted by molar-refractivity contribution is -0.119. The zero-order valence-electron chi connectivity index (χ0n) is 16.7. The van der Waals surface area contributed by atoms with Crippen molar-refractivity contribution < 1.29 is 23.9 Å². The topological polar surface area (TPSA) is 112 Å². The third kappa shape index (κ3) is 4.90. The summed E-state index contributed by atoms with van der Waals surface area (Å²) < 4.78 is 11.3. The molecular weight excluding hydrogens is 408 g/mol. The highest BCUT2D eigenvalue weighted by atomic mass is 32.1. The Morgan fingerprint density at radius 1 is 1.13 bits per heavy atom. The standard InChI is InChI=1S/C20H20N4O5S/c1-12-13(2)30-18(17(12)20(27)28-3)21-16(25)11-29-19(26)15-10-24(23-22-15)9-14-7-5-4-6-8-14/h4-8,10H,9,11H2,1-3H3,(H,21,25). The van der Waals surface area contributed by atoms with Crippen molar-refractivity contribution >= 4 is 34.2 Å². The van der Waals surface area contributed by atoms with Gasteiger partial charge in [-0.05, 0) is 25.0 Å². The summed E-state index contributed by atoms with van der Waals surface area (Å²) in [6, 6.07) is 9.58. The van der Waals surface area contributed by atoms with E-state index in [-0.39, 0.29) is 5.69 Å². The Morgan fingerprint density at radius 3 is 2.57 bits per heavy atom. The number of aromatic nitrogens is 3. The van der Waals surface area contributed by atoms with E-state index in [0.29, 0.717) is 17.1 Å². The molecule has 0 aliphatic rings. The molecule has 0 bridgehead atoms. The minimum atomic E-state index is -0.767. The van der Waals surface area contributed by atoms with Crippen LogP contribution in [0.25, 0.3) is 0 Å². The van der Waals surface area contributed by atoms with E-state index in [9.17, 15) is 14.4 Å². The number of benzene rings is 1. The van der Waals surface area contributed by atoms with E-state index in [0.717, 1.165) is 16.0 Å². The molecule has 0 aliphatic heterocycles. The second-order valence-electron chi connectivity index (χ2n) is 6.39. The maximum Gasteiger partial charge on any atom is 0.361 e. The van der Waals surface area contributed by atoms with Gasteiger partial charge in [0.05, 0.1) is 25.4 Å². The molecule has 2 aromatic heterocycles. The minimum absolute atomic E-state index is 0.00297. The molecule has 1 N–H and O–H groups in total. The summed E-state index contributed by atoms with van der Waals surface area (Å²) in [6.07, 6.45) is 1.45. The first kappa shape index (κ1) is 21.2. The molecule has 0 spiro atoms. The molecule has 9 nitrogen and oxygen atoms in total. The Morgan fingerprint density at radius 2 is 1.87 bits per heavy atom. The first-order valence-electron chi connectivity index (χ1n) is 8.98. The van der Waals surface area contributed by atoms with Crippen molar-refractivity contribution in [2.75, 3.05) is 19.0 Å². The number of rotatable bonds is 7. The number of aryl methyl sites for hydroxylation is 1. The van der Waals surface area contributed by atoms with Gasteiger partial charge >= 0.3 is 11.9 Å². The summed E-state index contributed by atoms with van der Waals surface area (Å²) in [5.41, 5.74) is 2.03. The van der Waals surface area contributed by atoms with Crippen molar-refractivity contribution in [1.82, 2.24) is 15.0 Å². The summed E-state index contributed by atoms with van der Waals surface area (Å²) in [5.74, 6) is -1.89. The van der Waals surface area contributed by atoms with Gasteiger partial charge in [0.25, 0.3) is 5.91 Å². The zero-order chi connectivity index (χ0) is 21.7. The number of anilines is 1. The van der Waals surface area contributed by atoms with Gasteiger partial charge in [0.2, 0.25) is 0 Å². The molecule has 0 radical (unpaired) electrons. The van der Waals surface area contributed by atoms with E-state index >= 15 is 0 Å². The molecule has 1 aromatic carbocycles. The van der Waals surface area contributed by atoms with E-state index in [1.807, 2.05) is 37.3 Å². The average molecular weight is 428 g/mol. The first-order chi connectivity index (χ1) is 14.4. The summed E-state index contributed by atoms with van der Waals surface area (Å²) in [7, 11) is 1.27. The number of carbonyl (C=O) groups is 3. The molecule has 0 atom stereocenters. The van der Waals surface area contributed by atoms with Gasteiger partial charge in [0.15, 0.2) is 12.3 Å². The van der Waals surface area contributed by atoms with E-state index in [4.69, 9.17) is 9.47 Å². The van der Waals surface area contributed by atoms with Crippen LogP contribution in [0.4, 0.5) is 5.00 Å². The summed E-state index contributed by atoms with van der Waals surface area (Å²) in [5, 5.41) is 10.6. The van der Waals surface area contributed by atoms with Crippen LogP contribution in [0.2, 0.25) is 0 Å². The van der Waals surface area contributed by atoms with Crippen LogP contribution in [0.5, 0.6) is 0 Å². The van der Waals surface area contributed by atoms with Crippen molar-refractivity contribution in [3.63, 3.8) is 0 Å². The van der Waals surface area contributed by atoms with Gasteiger partial charge < -0.3 is 14.8 Å². The lowest BCUT2D eigenvalue weighted by Gasteiger charge is -2.06. The monoisotopic (exact) mass is 428 g/mol. The van der Waals surface area contributed by atoms with Crippen LogP contribution in [0, 0.1) is 13.8 Å². The Hall–Kier alpha value is -3.53. The number of ether oxygens (including phenoxy) is 2. The highest BCUT2D eigenvalue weighted by Gasteiger charge is 2.22. The van der Waals surface area contributed by atoms with Crippen molar-refractivity contribution in [2.45, 2.75) is 20.4 Å². The highest BCUT2D eigenvalue weighted by Crippen LogP contribution is 2.32. The van der Waals surface area contributed by atoms with Gasteiger partial charge in [0.1, 0.15) is 5.00 Å². The van der Waals surface area contributed by atoms with E-state index in [1.54, 1.807) is 6.92 Å². The molecule has 0 unspecified atom stereocenters. The maximum absolute atomic E-state index is 12.2.